The minimum absolute atomic E-state index is 0.0535. The highest BCUT2D eigenvalue weighted by atomic mass is 32.2. The van der Waals surface area contributed by atoms with E-state index in [0.717, 1.165) is 0 Å². The molecule has 10 heteroatoms. The quantitative estimate of drug-likeness (QED) is 0.316. The maximum absolute atomic E-state index is 12.9. The van der Waals surface area contributed by atoms with Gasteiger partial charge >= 0.3 is 0 Å². The zero-order valence-electron chi connectivity index (χ0n) is 19.3. The molecule has 1 aliphatic heterocycles. The summed E-state index contributed by atoms with van der Waals surface area (Å²) in [5, 5.41) is 21.0. The van der Waals surface area contributed by atoms with Crippen molar-refractivity contribution in [2.45, 2.75) is 24.8 Å². The first-order valence-corrected chi connectivity index (χ1v) is 12.3. The molecule has 3 rings (SSSR count). The number of likely N-dealkylation sites (tertiary alicyclic amines) is 1. The number of rotatable bonds is 9. The molecule has 0 aromatic heterocycles. The van der Waals surface area contributed by atoms with E-state index >= 15 is 0 Å². The van der Waals surface area contributed by atoms with Crippen LogP contribution in [0.3, 0.4) is 0 Å². The van der Waals surface area contributed by atoms with E-state index in [1.807, 2.05) is 0 Å². The fraction of sp³-hybridized carbons (Fsp3) is 0.333. The Morgan fingerprint density at radius 1 is 1.09 bits per heavy atom. The maximum Gasteiger partial charge on any atom is 0.295 e. The summed E-state index contributed by atoms with van der Waals surface area (Å²) in [7, 11) is -2.23. The van der Waals surface area contributed by atoms with Gasteiger partial charge in [0, 0.05) is 32.3 Å². The Morgan fingerprint density at radius 2 is 1.74 bits per heavy atom. The van der Waals surface area contributed by atoms with Gasteiger partial charge in [-0.15, -0.1) is 0 Å². The molecule has 1 aliphatic rings. The normalized spacial score (nSPS) is 18.1. The number of amides is 1. The van der Waals surface area contributed by atoms with Crippen molar-refractivity contribution in [3.05, 3.63) is 65.2 Å². The van der Waals surface area contributed by atoms with E-state index in [1.54, 1.807) is 26.0 Å². The van der Waals surface area contributed by atoms with Gasteiger partial charge < -0.3 is 19.8 Å². The number of methoxy groups -OCH3 is 1. The average Bonchev–Trinajstić information content (AvgIpc) is 3.07. The highest BCUT2D eigenvalue weighted by molar-refractivity contribution is 7.89. The van der Waals surface area contributed by atoms with Crippen LogP contribution in [0.25, 0.3) is 5.76 Å². The molecule has 0 aliphatic carbocycles. The Labute approximate surface area is 198 Å². The van der Waals surface area contributed by atoms with Crippen molar-refractivity contribution in [3.8, 4) is 5.75 Å². The van der Waals surface area contributed by atoms with E-state index in [2.05, 4.69) is 0 Å². The number of hydrogen-bond acceptors (Lipinski definition) is 7. The number of carbonyl (C=O) groups is 2. The van der Waals surface area contributed by atoms with Gasteiger partial charge in [0.15, 0.2) is 0 Å². The number of Topliss-reactive ketones (excluding diaryl/α,β-unsaturated/α-hetero) is 1. The number of sulfonamides is 1. The second-order valence-corrected chi connectivity index (χ2v) is 9.63. The average molecular weight is 489 g/mol. The molecule has 2 aromatic carbocycles. The second-order valence-electron chi connectivity index (χ2n) is 7.69. The number of aromatic hydroxyl groups is 1. The minimum atomic E-state index is -3.70. The monoisotopic (exact) mass is 488 g/mol. The molecule has 0 spiro atoms. The van der Waals surface area contributed by atoms with Crippen LogP contribution in [-0.4, -0.2) is 72.9 Å². The van der Waals surface area contributed by atoms with E-state index in [0.29, 0.717) is 18.7 Å². The van der Waals surface area contributed by atoms with Crippen LogP contribution in [0, 0.1) is 0 Å². The van der Waals surface area contributed by atoms with Crippen LogP contribution in [-0.2, 0) is 24.3 Å². The van der Waals surface area contributed by atoms with Gasteiger partial charge in [-0.1, -0.05) is 26.0 Å². The van der Waals surface area contributed by atoms with Crippen molar-refractivity contribution in [2.24, 2.45) is 0 Å². The molecule has 0 unspecified atom stereocenters. The Balaban J connectivity index is 2.10. The van der Waals surface area contributed by atoms with E-state index in [-0.39, 0.29) is 34.9 Å². The summed E-state index contributed by atoms with van der Waals surface area (Å²) < 4.78 is 31.9. The third-order valence-corrected chi connectivity index (χ3v) is 7.80. The molecule has 1 atom stereocenters. The Kier molecular flexibility index (Phi) is 7.75. The first-order chi connectivity index (χ1) is 16.2. The summed E-state index contributed by atoms with van der Waals surface area (Å²) >= 11 is 0. The molecule has 0 saturated carbocycles. The van der Waals surface area contributed by atoms with Crippen molar-refractivity contribution in [1.29, 1.82) is 0 Å². The van der Waals surface area contributed by atoms with Gasteiger partial charge in [-0.3, -0.25) is 9.59 Å². The summed E-state index contributed by atoms with van der Waals surface area (Å²) in [6.07, 6.45) is 0. The van der Waals surface area contributed by atoms with Gasteiger partial charge in [0.05, 0.1) is 23.1 Å². The fourth-order valence-electron chi connectivity index (χ4n) is 3.99. The smallest absolute Gasteiger partial charge is 0.295 e. The molecule has 2 aromatic rings. The zero-order valence-corrected chi connectivity index (χ0v) is 20.1. The number of carbonyl (C=O) groups excluding carboxylic acids is 2. The van der Waals surface area contributed by atoms with Crippen LogP contribution in [0.15, 0.2) is 59.0 Å². The van der Waals surface area contributed by atoms with Gasteiger partial charge in [0.1, 0.15) is 11.5 Å². The van der Waals surface area contributed by atoms with Crippen LogP contribution in [0.4, 0.5) is 0 Å². The number of phenolic OH excluding ortho intramolecular Hbond substituents is 1. The molecule has 182 valence electrons. The number of hydrogen-bond donors (Lipinski definition) is 2. The summed E-state index contributed by atoms with van der Waals surface area (Å²) in [6.45, 7) is 4.38. The standard InChI is InChI=1S/C24H28N2O7S/c1-4-25(5-2)34(31,32)19-11-9-16(10-12-19)22(28)20-21(17-7-6-8-18(27)15-17)26(13-14-33-3)24(30)23(20)29/h6-12,15,21,27-28H,4-5,13-14H2,1-3H3/t21-/m1/s1. The molecular weight excluding hydrogens is 460 g/mol. The third kappa shape index (κ3) is 4.70. The molecular formula is C24H28N2O7S. The van der Waals surface area contributed by atoms with Gasteiger partial charge in [-0.05, 0) is 42.0 Å². The van der Waals surface area contributed by atoms with Crippen LogP contribution in [0.2, 0.25) is 0 Å². The van der Waals surface area contributed by atoms with E-state index in [9.17, 15) is 28.2 Å². The van der Waals surface area contributed by atoms with Gasteiger partial charge in [0.2, 0.25) is 10.0 Å². The molecule has 9 nitrogen and oxygen atoms in total. The first-order valence-electron chi connectivity index (χ1n) is 10.8. The first kappa shape index (κ1) is 25.4. The highest BCUT2D eigenvalue weighted by Crippen LogP contribution is 2.40. The lowest BCUT2D eigenvalue weighted by molar-refractivity contribution is -0.140. The number of ketones is 1. The number of benzene rings is 2. The number of ether oxygens (including phenoxy) is 1. The summed E-state index contributed by atoms with van der Waals surface area (Å²) in [6, 6.07) is 10.7. The van der Waals surface area contributed by atoms with Crippen LogP contribution >= 0.6 is 0 Å². The molecule has 0 bridgehead atoms. The molecule has 1 heterocycles. The van der Waals surface area contributed by atoms with Crippen molar-refractivity contribution in [1.82, 2.24) is 9.21 Å². The van der Waals surface area contributed by atoms with Crippen LogP contribution in [0.5, 0.6) is 5.75 Å². The van der Waals surface area contributed by atoms with Gasteiger partial charge in [-0.25, -0.2) is 8.42 Å². The number of aliphatic hydroxyl groups is 1. The zero-order chi connectivity index (χ0) is 25.0. The molecule has 1 saturated heterocycles. The lowest BCUT2D eigenvalue weighted by Gasteiger charge is -2.25. The lowest BCUT2D eigenvalue weighted by atomic mass is 9.95. The Morgan fingerprint density at radius 3 is 2.29 bits per heavy atom. The number of aliphatic hydroxyl groups excluding tert-OH is 1. The molecule has 2 N–H and O–H groups in total. The topological polar surface area (TPSA) is 124 Å². The van der Waals surface area contributed by atoms with E-state index in [4.69, 9.17) is 4.74 Å². The van der Waals surface area contributed by atoms with E-state index < -0.39 is 33.5 Å². The van der Waals surface area contributed by atoms with Crippen molar-refractivity contribution in [2.75, 3.05) is 33.4 Å². The maximum atomic E-state index is 12.9. The molecule has 1 fully saturated rings. The Bertz CT molecular complexity index is 1200. The third-order valence-electron chi connectivity index (χ3n) is 5.73. The predicted octanol–water partition coefficient (Wildman–Crippen LogP) is 2.49. The predicted molar refractivity (Wildman–Crippen MR) is 126 cm³/mol. The molecule has 0 radical (unpaired) electrons. The largest absolute Gasteiger partial charge is 0.508 e. The van der Waals surface area contributed by atoms with Crippen molar-refractivity contribution >= 4 is 27.5 Å². The van der Waals surface area contributed by atoms with E-state index in [1.165, 1.54) is 52.7 Å². The number of phenols is 1. The van der Waals surface area contributed by atoms with Gasteiger partial charge in [-0.2, -0.15) is 4.31 Å². The summed E-state index contributed by atoms with van der Waals surface area (Å²) in [5.74, 6) is -2.16. The van der Waals surface area contributed by atoms with Gasteiger partial charge in [0.25, 0.3) is 11.7 Å². The highest BCUT2D eigenvalue weighted by Gasteiger charge is 2.46. The summed E-state index contributed by atoms with van der Waals surface area (Å²) in [5.41, 5.74) is 0.483. The number of nitrogens with zero attached hydrogens (tertiary/aromatic N) is 2. The van der Waals surface area contributed by atoms with Crippen LogP contribution in [0.1, 0.15) is 31.0 Å². The molecule has 34 heavy (non-hydrogen) atoms. The minimum Gasteiger partial charge on any atom is -0.508 e. The van der Waals surface area contributed by atoms with Crippen LogP contribution < -0.4 is 0 Å². The fourth-order valence-corrected chi connectivity index (χ4v) is 5.45. The SMILES string of the molecule is CCN(CC)S(=O)(=O)c1ccc(C(O)=C2C(=O)C(=O)N(CCOC)[C@@H]2c2cccc(O)c2)cc1. The van der Waals surface area contributed by atoms with Crippen molar-refractivity contribution < 1.29 is 33.0 Å². The summed E-state index contributed by atoms with van der Waals surface area (Å²) in [4.78, 5) is 27.1. The Hall–Kier alpha value is -3.21. The lowest BCUT2D eigenvalue weighted by Crippen LogP contribution is -2.32. The van der Waals surface area contributed by atoms with Crippen molar-refractivity contribution in [3.63, 3.8) is 0 Å². The molecule has 1 amide bonds. The second kappa shape index (κ2) is 10.4.